The lowest BCUT2D eigenvalue weighted by atomic mass is 10.1. The van der Waals surface area contributed by atoms with Gasteiger partial charge in [0, 0.05) is 10.6 Å². The Morgan fingerprint density at radius 1 is 1.06 bits per heavy atom. The van der Waals surface area contributed by atoms with Crippen LogP contribution in [0.4, 0.5) is 5.69 Å². The Kier molecular flexibility index (Phi) is 3.29. The summed E-state index contributed by atoms with van der Waals surface area (Å²) in [6.07, 6.45) is 0. The Morgan fingerprint density at radius 3 is 2.24 bits per heavy atom. The van der Waals surface area contributed by atoms with E-state index in [-0.39, 0.29) is 5.91 Å². The van der Waals surface area contributed by atoms with Gasteiger partial charge in [-0.15, -0.1) is 11.3 Å². The third-order valence-electron chi connectivity index (χ3n) is 2.44. The normalized spacial score (nSPS) is 10.3. The molecule has 0 spiro atoms. The second-order valence-corrected chi connectivity index (χ2v) is 5.53. The molecule has 2 nitrogen and oxygen atoms in total. The van der Waals surface area contributed by atoms with E-state index in [1.165, 1.54) is 11.3 Å². The molecule has 1 heterocycles. The van der Waals surface area contributed by atoms with E-state index in [2.05, 4.69) is 11.4 Å². The summed E-state index contributed by atoms with van der Waals surface area (Å²) in [7, 11) is 0. The second-order valence-electron chi connectivity index (χ2n) is 4.24. The smallest absolute Gasteiger partial charge is 0.265 e. The van der Waals surface area contributed by atoms with Gasteiger partial charge in [-0.3, -0.25) is 4.79 Å². The molecule has 0 bridgehead atoms. The summed E-state index contributed by atoms with van der Waals surface area (Å²) in [6, 6.07) is 9.86. The molecule has 88 valence electrons. The molecule has 0 radical (unpaired) electrons. The number of rotatable bonds is 2. The fourth-order valence-corrected chi connectivity index (χ4v) is 2.56. The highest BCUT2D eigenvalue weighted by molar-refractivity contribution is 7.14. The van der Waals surface area contributed by atoms with Crippen LogP contribution in [-0.4, -0.2) is 5.91 Å². The minimum atomic E-state index is -0.0342. The molecule has 2 rings (SSSR count). The van der Waals surface area contributed by atoms with Crippen molar-refractivity contribution in [3.8, 4) is 0 Å². The zero-order chi connectivity index (χ0) is 12.4. The lowest BCUT2D eigenvalue weighted by molar-refractivity contribution is 0.103. The van der Waals surface area contributed by atoms with E-state index >= 15 is 0 Å². The van der Waals surface area contributed by atoms with Gasteiger partial charge in [0.05, 0.1) is 4.88 Å². The number of benzene rings is 1. The maximum Gasteiger partial charge on any atom is 0.265 e. The van der Waals surface area contributed by atoms with E-state index in [0.29, 0.717) is 0 Å². The molecule has 0 fully saturated rings. The van der Waals surface area contributed by atoms with Crippen LogP contribution in [0, 0.1) is 20.8 Å². The van der Waals surface area contributed by atoms with E-state index in [9.17, 15) is 4.79 Å². The van der Waals surface area contributed by atoms with Crippen molar-refractivity contribution < 1.29 is 4.79 Å². The second kappa shape index (κ2) is 4.72. The van der Waals surface area contributed by atoms with Crippen molar-refractivity contribution in [2.24, 2.45) is 0 Å². The number of thiophene rings is 1. The summed E-state index contributed by atoms with van der Waals surface area (Å²) in [5.74, 6) is -0.0342. The number of nitrogens with one attached hydrogen (secondary N) is 1. The first-order valence-electron chi connectivity index (χ1n) is 5.51. The summed E-state index contributed by atoms with van der Waals surface area (Å²) in [4.78, 5) is 13.8. The fourth-order valence-electron chi connectivity index (χ4n) is 1.80. The van der Waals surface area contributed by atoms with Crippen LogP contribution in [-0.2, 0) is 0 Å². The van der Waals surface area contributed by atoms with Gasteiger partial charge in [-0.25, -0.2) is 0 Å². The predicted molar refractivity (Wildman–Crippen MR) is 72.9 cm³/mol. The molecule has 2 aromatic rings. The molecule has 3 heteroatoms. The molecule has 0 aliphatic rings. The molecule has 0 aliphatic carbocycles. The molecule has 0 aliphatic heterocycles. The van der Waals surface area contributed by atoms with Crippen molar-refractivity contribution in [3.05, 3.63) is 51.2 Å². The van der Waals surface area contributed by atoms with Crippen molar-refractivity contribution in [2.75, 3.05) is 5.32 Å². The van der Waals surface area contributed by atoms with Crippen molar-refractivity contribution in [1.29, 1.82) is 0 Å². The van der Waals surface area contributed by atoms with E-state index in [1.807, 2.05) is 45.0 Å². The third kappa shape index (κ3) is 2.94. The first kappa shape index (κ1) is 11.9. The summed E-state index contributed by atoms with van der Waals surface area (Å²) in [5.41, 5.74) is 3.17. The summed E-state index contributed by atoms with van der Waals surface area (Å²) < 4.78 is 0. The monoisotopic (exact) mass is 245 g/mol. The van der Waals surface area contributed by atoms with E-state index in [1.54, 1.807) is 0 Å². The van der Waals surface area contributed by atoms with Gasteiger partial charge >= 0.3 is 0 Å². The zero-order valence-corrected chi connectivity index (χ0v) is 11.0. The number of carbonyl (C=O) groups is 1. The van der Waals surface area contributed by atoms with Crippen molar-refractivity contribution >= 4 is 22.9 Å². The fraction of sp³-hybridized carbons (Fsp3) is 0.214. The summed E-state index contributed by atoms with van der Waals surface area (Å²) >= 11 is 1.51. The van der Waals surface area contributed by atoms with Crippen LogP contribution >= 0.6 is 11.3 Å². The Hall–Kier alpha value is -1.61. The minimum absolute atomic E-state index is 0.0342. The average molecular weight is 245 g/mol. The standard InChI is InChI=1S/C14H15NOS/c1-9-6-10(2)8-12(7-9)15-14(16)13-5-4-11(3)17-13/h4-8H,1-3H3,(H,15,16). The van der Waals surface area contributed by atoms with Gasteiger partial charge in [0.25, 0.3) is 5.91 Å². The van der Waals surface area contributed by atoms with Crippen molar-refractivity contribution in [1.82, 2.24) is 0 Å². The zero-order valence-electron chi connectivity index (χ0n) is 10.2. The van der Waals surface area contributed by atoms with Gasteiger partial charge in [-0.2, -0.15) is 0 Å². The van der Waals surface area contributed by atoms with Crippen LogP contribution in [0.1, 0.15) is 25.7 Å². The van der Waals surface area contributed by atoms with Crippen LogP contribution in [0.5, 0.6) is 0 Å². The van der Waals surface area contributed by atoms with Crippen LogP contribution in [0.15, 0.2) is 30.3 Å². The Bertz CT molecular complexity index is 537. The van der Waals surface area contributed by atoms with Gasteiger partial charge in [0.15, 0.2) is 0 Å². The molecule has 1 aromatic heterocycles. The molecule has 0 saturated heterocycles. The molecule has 17 heavy (non-hydrogen) atoms. The highest BCUT2D eigenvalue weighted by atomic mass is 32.1. The summed E-state index contributed by atoms with van der Waals surface area (Å²) in [6.45, 7) is 6.05. The maximum absolute atomic E-state index is 11.9. The average Bonchev–Trinajstić information content (AvgIpc) is 2.63. The van der Waals surface area contributed by atoms with Crippen LogP contribution < -0.4 is 5.32 Å². The van der Waals surface area contributed by atoms with Crippen molar-refractivity contribution in [3.63, 3.8) is 0 Å². The molecule has 1 aromatic carbocycles. The quantitative estimate of drug-likeness (QED) is 0.853. The molecule has 1 N–H and O–H groups in total. The predicted octanol–water partition coefficient (Wildman–Crippen LogP) is 3.93. The Morgan fingerprint density at radius 2 is 1.71 bits per heavy atom. The highest BCUT2D eigenvalue weighted by Gasteiger charge is 2.08. The molecular formula is C14H15NOS. The topological polar surface area (TPSA) is 29.1 Å². The third-order valence-corrected chi connectivity index (χ3v) is 3.44. The van der Waals surface area contributed by atoms with Crippen LogP contribution in [0.25, 0.3) is 0 Å². The van der Waals surface area contributed by atoms with Gasteiger partial charge < -0.3 is 5.32 Å². The van der Waals surface area contributed by atoms with Gasteiger partial charge in [0.2, 0.25) is 0 Å². The summed E-state index contributed by atoms with van der Waals surface area (Å²) in [5, 5.41) is 2.92. The molecule has 0 unspecified atom stereocenters. The van der Waals surface area contributed by atoms with Crippen molar-refractivity contribution in [2.45, 2.75) is 20.8 Å². The first-order chi connectivity index (χ1) is 8.04. The SMILES string of the molecule is Cc1cc(C)cc(NC(=O)c2ccc(C)s2)c1. The molecule has 0 atom stereocenters. The van der Waals surface area contributed by atoms with Gasteiger partial charge in [0.1, 0.15) is 0 Å². The molecule has 1 amide bonds. The lowest BCUT2D eigenvalue weighted by Crippen LogP contribution is -2.10. The van der Waals surface area contributed by atoms with Gasteiger partial charge in [-0.05, 0) is 56.2 Å². The van der Waals surface area contributed by atoms with Crippen LogP contribution in [0.2, 0.25) is 0 Å². The molecular weight excluding hydrogens is 230 g/mol. The number of hydrogen-bond donors (Lipinski definition) is 1. The maximum atomic E-state index is 11.9. The molecule has 0 saturated carbocycles. The van der Waals surface area contributed by atoms with Gasteiger partial charge in [-0.1, -0.05) is 6.07 Å². The number of amides is 1. The largest absolute Gasteiger partial charge is 0.321 e. The number of aryl methyl sites for hydroxylation is 3. The lowest BCUT2D eigenvalue weighted by Gasteiger charge is -2.06. The van der Waals surface area contributed by atoms with Crippen LogP contribution in [0.3, 0.4) is 0 Å². The number of anilines is 1. The number of carbonyl (C=O) groups excluding carboxylic acids is 1. The van der Waals surface area contributed by atoms with E-state index in [4.69, 9.17) is 0 Å². The highest BCUT2D eigenvalue weighted by Crippen LogP contribution is 2.18. The van der Waals surface area contributed by atoms with E-state index in [0.717, 1.165) is 26.6 Å². The Balaban J connectivity index is 2.18. The Labute approximate surface area is 105 Å². The van der Waals surface area contributed by atoms with E-state index < -0.39 is 0 Å². The number of hydrogen-bond acceptors (Lipinski definition) is 2. The minimum Gasteiger partial charge on any atom is -0.321 e. The first-order valence-corrected chi connectivity index (χ1v) is 6.32.